The summed E-state index contributed by atoms with van der Waals surface area (Å²) < 4.78 is 1.56. The van der Waals surface area contributed by atoms with Crippen LogP contribution in [0.25, 0.3) is 21.3 Å². The average Bonchev–Trinajstić information content (AvgIpc) is 2.95. The van der Waals surface area contributed by atoms with Gasteiger partial charge in [0.1, 0.15) is 10.7 Å². The largest absolute Gasteiger partial charge is 0.395 e. The zero-order valence-electron chi connectivity index (χ0n) is 12.0. The van der Waals surface area contributed by atoms with Crippen molar-refractivity contribution in [1.82, 2.24) is 9.55 Å². The number of rotatable bonds is 4. The first-order valence-electron chi connectivity index (χ1n) is 7.03. The van der Waals surface area contributed by atoms with Crippen LogP contribution in [0.3, 0.4) is 0 Å². The van der Waals surface area contributed by atoms with Gasteiger partial charge in [-0.2, -0.15) is 0 Å². The van der Waals surface area contributed by atoms with Gasteiger partial charge in [0.15, 0.2) is 0 Å². The van der Waals surface area contributed by atoms with E-state index in [0.717, 1.165) is 16.0 Å². The van der Waals surface area contributed by atoms with Crippen molar-refractivity contribution in [3.05, 3.63) is 50.8 Å². The molecule has 2 aromatic heterocycles. The van der Waals surface area contributed by atoms with E-state index in [2.05, 4.69) is 4.98 Å². The topological polar surface area (TPSA) is 55.1 Å². The second-order valence-electron chi connectivity index (χ2n) is 4.90. The summed E-state index contributed by atoms with van der Waals surface area (Å²) in [5.41, 5.74) is 1.71. The van der Waals surface area contributed by atoms with Crippen LogP contribution in [-0.4, -0.2) is 21.3 Å². The van der Waals surface area contributed by atoms with Crippen LogP contribution in [0, 0.1) is 0 Å². The lowest BCUT2D eigenvalue weighted by Gasteiger charge is -2.10. The number of nitrogens with zero attached hydrogens (tertiary/aromatic N) is 2. The molecule has 1 N–H and O–H groups in total. The Kier molecular flexibility index (Phi) is 4.29. The van der Waals surface area contributed by atoms with Crippen LogP contribution < -0.4 is 5.56 Å². The zero-order chi connectivity index (χ0) is 15.7. The summed E-state index contributed by atoms with van der Waals surface area (Å²) in [5.74, 6) is 0.705. The van der Waals surface area contributed by atoms with Gasteiger partial charge < -0.3 is 5.11 Å². The van der Waals surface area contributed by atoms with Crippen LogP contribution >= 0.6 is 22.9 Å². The first-order valence-corrected chi connectivity index (χ1v) is 8.29. The molecule has 6 heteroatoms. The smallest absolute Gasteiger partial charge is 0.262 e. The molecule has 0 radical (unpaired) electrons. The first kappa shape index (κ1) is 15.2. The summed E-state index contributed by atoms with van der Waals surface area (Å²) in [6.07, 6.45) is 0.652. The minimum atomic E-state index is -0.0953. The summed E-state index contributed by atoms with van der Waals surface area (Å²) in [6.45, 7) is 2.14. The maximum Gasteiger partial charge on any atom is 0.262 e. The molecule has 0 aliphatic rings. The molecule has 0 spiro atoms. The molecule has 0 bridgehead atoms. The second-order valence-corrected chi connectivity index (χ2v) is 6.19. The van der Waals surface area contributed by atoms with Gasteiger partial charge in [-0.25, -0.2) is 4.98 Å². The van der Waals surface area contributed by atoms with Crippen molar-refractivity contribution in [1.29, 1.82) is 0 Å². The Labute approximate surface area is 136 Å². The summed E-state index contributed by atoms with van der Waals surface area (Å²) in [4.78, 5) is 18.1. The summed E-state index contributed by atoms with van der Waals surface area (Å²) in [6, 6.07) is 7.40. The Bertz CT molecular complexity index is 868. The molecular formula is C16H15ClN2O2S. The fourth-order valence-corrected chi connectivity index (χ4v) is 3.59. The Morgan fingerprint density at radius 1 is 1.32 bits per heavy atom. The van der Waals surface area contributed by atoms with Crippen LogP contribution in [0.4, 0.5) is 0 Å². The molecule has 0 aliphatic carbocycles. The van der Waals surface area contributed by atoms with Gasteiger partial charge in [-0.05, 0) is 17.7 Å². The summed E-state index contributed by atoms with van der Waals surface area (Å²) in [7, 11) is 0. The third kappa shape index (κ3) is 2.56. The Balaban J connectivity index is 2.28. The van der Waals surface area contributed by atoms with Crippen molar-refractivity contribution >= 4 is 33.2 Å². The second kappa shape index (κ2) is 6.20. The number of benzene rings is 1. The monoisotopic (exact) mass is 334 g/mol. The third-order valence-electron chi connectivity index (χ3n) is 3.57. The predicted octanol–water partition coefficient (Wildman–Crippen LogP) is 3.33. The number of thiophene rings is 1. The minimum absolute atomic E-state index is 0.0828. The van der Waals surface area contributed by atoms with Gasteiger partial charge in [-0.15, -0.1) is 11.3 Å². The van der Waals surface area contributed by atoms with Gasteiger partial charge in [0, 0.05) is 22.4 Å². The van der Waals surface area contributed by atoms with Crippen LogP contribution in [0.1, 0.15) is 12.7 Å². The lowest BCUT2D eigenvalue weighted by atomic mass is 10.1. The lowest BCUT2D eigenvalue weighted by Crippen LogP contribution is -2.26. The van der Waals surface area contributed by atoms with Crippen molar-refractivity contribution < 1.29 is 5.11 Å². The van der Waals surface area contributed by atoms with E-state index in [4.69, 9.17) is 11.6 Å². The van der Waals surface area contributed by atoms with Crippen LogP contribution in [0.5, 0.6) is 0 Å². The molecule has 4 nitrogen and oxygen atoms in total. The van der Waals surface area contributed by atoms with Gasteiger partial charge in [-0.1, -0.05) is 30.7 Å². The highest BCUT2D eigenvalue weighted by Crippen LogP contribution is 2.31. The van der Waals surface area contributed by atoms with E-state index >= 15 is 0 Å². The third-order valence-corrected chi connectivity index (χ3v) is 4.69. The molecule has 114 valence electrons. The van der Waals surface area contributed by atoms with Crippen molar-refractivity contribution in [2.45, 2.75) is 19.9 Å². The Morgan fingerprint density at radius 2 is 2.05 bits per heavy atom. The van der Waals surface area contributed by atoms with Gasteiger partial charge >= 0.3 is 0 Å². The molecule has 0 amide bonds. The summed E-state index contributed by atoms with van der Waals surface area (Å²) >= 11 is 7.39. The van der Waals surface area contributed by atoms with E-state index in [1.165, 1.54) is 11.3 Å². The van der Waals surface area contributed by atoms with E-state index in [1.54, 1.807) is 16.7 Å². The highest BCUT2D eigenvalue weighted by molar-refractivity contribution is 7.17. The molecule has 0 saturated heterocycles. The van der Waals surface area contributed by atoms with Crippen LogP contribution in [0.15, 0.2) is 34.4 Å². The molecular weight excluding hydrogens is 320 g/mol. The molecule has 0 aliphatic heterocycles. The number of aliphatic hydroxyl groups is 1. The van der Waals surface area contributed by atoms with Gasteiger partial charge in [0.2, 0.25) is 0 Å². The molecule has 0 fully saturated rings. The number of aliphatic hydroxyl groups excluding tert-OH is 1. The number of fused-ring (bicyclic) bond motifs is 1. The van der Waals surface area contributed by atoms with Crippen LogP contribution in [0.2, 0.25) is 5.02 Å². The molecule has 0 atom stereocenters. The van der Waals surface area contributed by atoms with Crippen molar-refractivity contribution in [2.24, 2.45) is 0 Å². The molecule has 0 unspecified atom stereocenters. The van der Waals surface area contributed by atoms with Crippen LogP contribution in [-0.2, 0) is 13.0 Å². The minimum Gasteiger partial charge on any atom is -0.395 e. The average molecular weight is 335 g/mol. The van der Waals surface area contributed by atoms with E-state index in [9.17, 15) is 9.90 Å². The Morgan fingerprint density at radius 3 is 2.68 bits per heavy atom. The molecule has 22 heavy (non-hydrogen) atoms. The van der Waals surface area contributed by atoms with Gasteiger partial charge in [0.25, 0.3) is 5.56 Å². The maximum atomic E-state index is 12.8. The van der Waals surface area contributed by atoms with E-state index in [-0.39, 0.29) is 18.7 Å². The van der Waals surface area contributed by atoms with Gasteiger partial charge in [-0.3, -0.25) is 9.36 Å². The molecule has 0 saturated carbocycles. The van der Waals surface area contributed by atoms with E-state index in [0.29, 0.717) is 22.7 Å². The lowest BCUT2D eigenvalue weighted by molar-refractivity contribution is 0.272. The number of hydrogen-bond acceptors (Lipinski definition) is 4. The molecule has 3 aromatic rings. The number of aryl methyl sites for hydroxylation is 1. The molecule has 3 rings (SSSR count). The first-order chi connectivity index (χ1) is 10.7. The molecule has 2 heterocycles. The number of aromatic nitrogens is 2. The zero-order valence-corrected chi connectivity index (χ0v) is 13.6. The van der Waals surface area contributed by atoms with Crippen molar-refractivity contribution in [2.75, 3.05) is 6.61 Å². The summed E-state index contributed by atoms with van der Waals surface area (Å²) in [5, 5.41) is 12.4. The fourth-order valence-electron chi connectivity index (χ4n) is 2.51. The fraction of sp³-hybridized carbons (Fsp3) is 0.250. The SMILES string of the molecule is CCc1nc2scc(-c3ccc(Cl)cc3)c2c(=O)n1CCO. The molecule has 1 aromatic carbocycles. The maximum absolute atomic E-state index is 12.8. The quantitative estimate of drug-likeness (QED) is 0.796. The highest BCUT2D eigenvalue weighted by atomic mass is 35.5. The highest BCUT2D eigenvalue weighted by Gasteiger charge is 2.16. The van der Waals surface area contributed by atoms with E-state index < -0.39 is 0 Å². The Hall–Kier alpha value is -1.69. The van der Waals surface area contributed by atoms with Gasteiger partial charge in [0.05, 0.1) is 18.5 Å². The van der Waals surface area contributed by atoms with E-state index in [1.807, 2.05) is 24.4 Å². The predicted molar refractivity (Wildman–Crippen MR) is 90.8 cm³/mol. The number of halogens is 1. The normalized spacial score (nSPS) is 11.2. The number of hydrogen-bond donors (Lipinski definition) is 1. The van der Waals surface area contributed by atoms with Crippen molar-refractivity contribution in [3.63, 3.8) is 0 Å². The standard InChI is InChI=1S/C16H15ClN2O2S/c1-2-13-18-15-14(16(21)19(13)7-8-20)12(9-22-15)10-3-5-11(17)6-4-10/h3-6,9,20H,2,7-8H2,1H3. The van der Waals surface area contributed by atoms with Crippen molar-refractivity contribution in [3.8, 4) is 11.1 Å².